The Morgan fingerprint density at radius 3 is 2.46 bits per heavy atom. The second-order valence-corrected chi connectivity index (χ2v) is 16.1. The molecule has 0 spiro atoms. The standard InChI is InChI=1S/C34H52N6O7S/c1-23(2)40-31-11-7-6-9-24(31)17-30(33(40)43)32(42)35-25-18-26-12-13-27(19-25)39(26)22-29(41)21-38(34(44)47-4)16-15-37-14-8-10-28(20-37)36(3)48(5,45)46/h6-7,9,11,17,23,25-29,41H,8,10,12-16,18-22H2,1-5H3,(H,35,42)/t26-,27-,28+,29?/m0/s1. The van der Waals surface area contributed by atoms with E-state index in [0.29, 0.717) is 26.2 Å². The third-order valence-corrected chi connectivity index (χ3v) is 11.8. The highest BCUT2D eigenvalue weighted by atomic mass is 32.2. The molecule has 14 heteroatoms. The number of aromatic nitrogens is 1. The molecule has 1 unspecified atom stereocenters. The van der Waals surface area contributed by atoms with Crippen molar-refractivity contribution in [1.29, 1.82) is 0 Å². The Bertz CT molecular complexity index is 1620. The number of likely N-dealkylation sites (tertiary alicyclic amines) is 1. The third kappa shape index (κ3) is 8.21. The molecule has 2 N–H and O–H groups in total. The van der Waals surface area contributed by atoms with Gasteiger partial charge in [-0.05, 0) is 76.4 Å². The van der Waals surface area contributed by atoms with Crippen LogP contribution in [0.15, 0.2) is 35.1 Å². The van der Waals surface area contributed by atoms with E-state index >= 15 is 0 Å². The summed E-state index contributed by atoms with van der Waals surface area (Å²) in [6.07, 6.45) is 4.93. The fourth-order valence-electron chi connectivity index (χ4n) is 7.92. The van der Waals surface area contributed by atoms with Gasteiger partial charge in [0, 0.05) is 63.4 Å². The van der Waals surface area contributed by atoms with E-state index in [1.807, 2.05) is 38.1 Å². The van der Waals surface area contributed by atoms with E-state index in [2.05, 4.69) is 15.1 Å². The van der Waals surface area contributed by atoms with Gasteiger partial charge in [0.1, 0.15) is 5.56 Å². The van der Waals surface area contributed by atoms with Gasteiger partial charge in [-0.1, -0.05) is 18.2 Å². The molecular weight excluding hydrogens is 636 g/mol. The highest BCUT2D eigenvalue weighted by Gasteiger charge is 2.42. The number of rotatable bonds is 12. The monoisotopic (exact) mass is 688 g/mol. The quantitative estimate of drug-likeness (QED) is 0.343. The maximum absolute atomic E-state index is 13.5. The van der Waals surface area contributed by atoms with Crippen LogP contribution in [-0.2, 0) is 14.8 Å². The summed E-state index contributed by atoms with van der Waals surface area (Å²) in [5.41, 5.74) is 0.668. The first kappa shape index (κ1) is 36.2. The number of aliphatic hydroxyl groups is 1. The van der Waals surface area contributed by atoms with Crippen LogP contribution in [0.1, 0.15) is 68.8 Å². The summed E-state index contributed by atoms with van der Waals surface area (Å²) in [7, 11) is -0.356. The van der Waals surface area contributed by atoms with Crippen LogP contribution in [0, 0.1) is 0 Å². The number of hydrogen-bond acceptors (Lipinski definition) is 9. The van der Waals surface area contributed by atoms with Gasteiger partial charge in [-0.2, -0.15) is 0 Å². The van der Waals surface area contributed by atoms with Crippen LogP contribution in [0.5, 0.6) is 0 Å². The fraction of sp³-hybridized carbons (Fsp3) is 0.676. The Hall–Kier alpha value is -3.04. The lowest BCUT2D eigenvalue weighted by molar-refractivity contribution is 0.0288. The van der Waals surface area contributed by atoms with E-state index in [-0.39, 0.29) is 53.8 Å². The molecule has 3 aliphatic heterocycles. The van der Waals surface area contributed by atoms with E-state index in [1.165, 1.54) is 22.6 Å². The molecule has 48 heavy (non-hydrogen) atoms. The Labute approximate surface area is 283 Å². The molecule has 5 rings (SSSR count). The number of aliphatic hydroxyl groups excluding tert-OH is 1. The van der Waals surface area contributed by atoms with Crippen molar-refractivity contribution in [1.82, 2.24) is 28.9 Å². The zero-order valence-electron chi connectivity index (χ0n) is 28.9. The molecule has 3 aliphatic rings. The number of piperidine rings is 2. The van der Waals surface area contributed by atoms with Gasteiger partial charge in [0.2, 0.25) is 10.0 Å². The van der Waals surface area contributed by atoms with Crippen LogP contribution in [0.2, 0.25) is 0 Å². The summed E-state index contributed by atoms with van der Waals surface area (Å²) in [5.74, 6) is -0.352. The number of sulfonamides is 1. The van der Waals surface area contributed by atoms with Crippen molar-refractivity contribution in [2.75, 3.05) is 59.7 Å². The number of ether oxygens (including phenoxy) is 1. The van der Waals surface area contributed by atoms with Crippen LogP contribution in [-0.4, -0.2) is 139 Å². The van der Waals surface area contributed by atoms with Gasteiger partial charge in [0.25, 0.3) is 11.5 Å². The largest absolute Gasteiger partial charge is 0.453 e. The lowest BCUT2D eigenvalue weighted by atomic mass is 9.96. The van der Waals surface area contributed by atoms with Gasteiger partial charge >= 0.3 is 6.09 Å². The Morgan fingerprint density at radius 1 is 1.12 bits per heavy atom. The van der Waals surface area contributed by atoms with Gasteiger partial charge in [-0.15, -0.1) is 0 Å². The normalized spacial score (nSPS) is 24.2. The van der Waals surface area contributed by atoms with Crippen molar-refractivity contribution >= 4 is 32.9 Å². The molecule has 2 aromatic rings. The minimum atomic E-state index is -3.29. The molecule has 2 amide bonds. The molecule has 0 saturated carbocycles. The lowest BCUT2D eigenvalue weighted by Crippen LogP contribution is -2.54. The Kier molecular flexibility index (Phi) is 11.5. The Balaban J connectivity index is 1.16. The zero-order valence-corrected chi connectivity index (χ0v) is 29.7. The predicted molar refractivity (Wildman–Crippen MR) is 185 cm³/mol. The van der Waals surface area contributed by atoms with E-state index in [1.54, 1.807) is 17.7 Å². The summed E-state index contributed by atoms with van der Waals surface area (Å²) >= 11 is 0. The number of hydrogen-bond donors (Lipinski definition) is 2. The maximum Gasteiger partial charge on any atom is 0.409 e. The van der Waals surface area contributed by atoms with E-state index in [4.69, 9.17) is 4.74 Å². The number of carbonyl (C=O) groups excluding carboxylic acids is 2. The molecule has 4 atom stereocenters. The molecule has 266 valence electrons. The highest BCUT2D eigenvalue weighted by Crippen LogP contribution is 2.36. The fourth-order valence-corrected chi connectivity index (χ4v) is 8.63. The number of likely N-dealkylation sites (N-methyl/N-ethyl adjacent to an activating group) is 1. The van der Waals surface area contributed by atoms with Gasteiger partial charge in [0.05, 0.1) is 31.5 Å². The number of carbonyl (C=O) groups is 2. The number of methoxy groups -OCH3 is 1. The topological polar surface area (TPSA) is 145 Å². The summed E-state index contributed by atoms with van der Waals surface area (Å²) in [4.78, 5) is 45.5. The van der Waals surface area contributed by atoms with Gasteiger partial charge in [-0.3, -0.25) is 19.4 Å². The van der Waals surface area contributed by atoms with Crippen molar-refractivity contribution in [3.8, 4) is 0 Å². The van der Waals surface area contributed by atoms with Crippen molar-refractivity contribution in [3.63, 3.8) is 0 Å². The average Bonchev–Trinajstić information content (AvgIpc) is 3.26. The number of para-hydroxylation sites is 1. The lowest BCUT2D eigenvalue weighted by Gasteiger charge is -2.40. The van der Waals surface area contributed by atoms with Crippen LogP contribution < -0.4 is 10.9 Å². The van der Waals surface area contributed by atoms with E-state index in [9.17, 15) is 27.9 Å². The second-order valence-electron chi connectivity index (χ2n) is 14.1. The molecule has 3 fully saturated rings. The number of amides is 2. The maximum atomic E-state index is 13.5. The molecular formula is C34H52N6O7S. The molecule has 13 nitrogen and oxygen atoms in total. The molecule has 0 aliphatic carbocycles. The number of pyridine rings is 1. The molecule has 1 aromatic heterocycles. The van der Waals surface area contributed by atoms with Crippen molar-refractivity contribution in [3.05, 3.63) is 46.2 Å². The minimum Gasteiger partial charge on any atom is -0.453 e. The predicted octanol–water partition coefficient (Wildman–Crippen LogP) is 2.09. The van der Waals surface area contributed by atoms with Crippen molar-refractivity contribution in [2.24, 2.45) is 0 Å². The van der Waals surface area contributed by atoms with Crippen molar-refractivity contribution < 1.29 is 27.9 Å². The highest BCUT2D eigenvalue weighted by molar-refractivity contribution is 7.88. The molecule has 1 aromatic carbocycles. The first-order valence-corrected chi connectivity index (χ1v) is 19.0. The first-order valence-electron chi connectivity index (χ1n) is 17.1. The second kappa shape index (κ2) is 15.2. The number of fused-ring (bicyclic) bond motifs is 3. The van der Waals surface area contributed by atoms with Gasteiger partial charge in [0.15, 0.2) is 0 Å². The molecule has 3 saturated heterocycles. The summed E-state index contributed by atoms with van der Waals surface area (Å²) in [6.45, 7) is 6.70. The Morgan fingerprint density at radius 2 is 1.81 bits per heavy atom. The minimum absolute atomic E-state index is 0.0801. The summed E-state index contributed by atoms with van der Waals surface area (Å²) in [5, 5.41) is 15.2. The van der Waals surface area contributed by atoms with Crippen molar-refractivity contribution in [2.45, 2.75) is 88.7 Å². The molecule has 0 radical (unpaired) electrons. The van der Waals surface area contributed by atoms with Crippen LogP contribution in [0.4, 0.5) is 4.79 Å². The smallest absolute Gasteiger partial charge is 0.409 e. The van der Waals surface area contributed by atoms with Gasteiger partial charge in [-0.25, -0.2) is 17.5 Å². The number of nitrogens with zero attached hydrogens (tertiary/aromatic N) is 5. The molecule has 4 heterocycles. The van der Waals surface area contributed by atoms with Crippen LogP contribution >= 0.6 is 0 Å². The first-order chi connectivity index (χ1) is 22.8. The van der Waals surface area contributed by atoms with Gasteiger partial charge < -0.3 is 24.6 Å². The number of nitrogens with one attached hydrogen (secondary N) is 1. The van der Waals surface area contributed by atoms with E-state index in [0.717, 1.165) is 56.0 Å². The average molecular weight is 689 g/mol. The SMILES string of the molecule is COC(=O)N(CCN1CCC[C@@H](N(C)S(C)(=O)=O)C1)CC(O)CN1[C@H]2CC[C@H]1CC(NC(=O)c1cc3ccccc3n(C(C)C)c1=O)C2. The zero-order chi connectivity index (χ0) is 34.7. The third-order valence-electron chi connectivity index (χ3n) is 10.4. The van der Waals surface area contributed by atoms with E-state index < -0.39 is 22.2 Å². The van der Waals surface area contributed by atoms with Crippen LogP contribution in [0.25, 0.3) is 10.9 Å². The molecule has 2 bridgehead atoms. The number of benzene rings is 1. The summed E-state index contributed by atoms with van der Waals surface area (Å²) in [6, 6.07) is 9.37. The summed E-state index contributed by atoms with van der Waals surface area (Å²) < 4.78 is 32.2. The van der Waals surface area contributed by atoms with Crippen LogP contribution in [0.3, 0.4) is 0 Å².